The van der Waals surface area contributed by atoms with Crippen LogP contribution >= 0.6 is 0 Å². The number of carbonyl (C=O) groups excluding carboxylic acids is 1. The number of carbonyl (C=O) groups is 1. The van der Waals surface area contributed by atoms with Gasteiger partial charge in [0.1, 0.15) is 30.2 Å². The van der Waals surface area contributed by atoms with Crippen LogP contribution in [0, 0.1) is 0 Å². The number of rotatable bonds is 6. The number of hydrogen-bond donors (Lipinski definition) is 5. The number of benzene rings is 2. The maximum absolute atomic E-state index is 12.6. The minimum Gasteiger partial charge on any atom is -0.462 e. The summed E-state index contributed by atoms with van der Waals surface area (Å²) >= 11 is 0. The summed E-state index contributed by atoms with van der Waals surface area (Å²) in [4.78, 5) is 16.5. The van der Waals surface area contributed by atoms with Crippen molar-refractivity contribution in [3.8, 4) is 16.9 Å². The topological polar surface area (TPSA) is 141 Å². The Hall–Kier alpha value is -3.34. The Morgan fingerprint density at radius 2 is 1.76 bits per heavy atom. The highest BCUT2D eigenvalue weighted by atomic mass is 16.7. The highest BCUT2D eigenvalue weighted by Crippen LogP contribution is 2.27. The first kappa shape index (κ1) is 22.8. The Morgan fingerprint density at radius 3 is 2.45 bits per heavy atom. The lowest BCUT2D eigenvalue weighted by Gasteiger charge is -2.39. The van der Waals surface area contributed by atoms with E-state index in [1.807, 2.05) is 6.07 Å². The van der Waals surface area contributed by atoms with Gasteiger partial charge in [-0.25, -0.2) is 0 Å². The molecule has 0 saturated carbocycles. The molecular weight excluding hydrogens is 428 g/mol. The van der Waals surface area contributed by atoms with E-state index in [2.05, 4.69) is 10.3 Å². The Bertz CT molecular complexity index is 1080. The number of nitrogens with one attached hydrogen (secondary N) is 1. The van der Waals surface area contributed by atoms with Gasteiger partial charge in [-0.15, -0.1) is 0 Å². The molecule has 33 heavy (non-hydrogen) atoms. The number of ether oxygens (including phenoxy) is 2. The summed E-state index contributed by atoms with van der Waals surface area (Å²) in [6.07, 6.45) is -3.57. The summed E-state index contributed by atoms with van der Waals surface area (Å²) < 4.78 is 11.0. The van der Waals surface area contributed by atoms with E-state index in [0.717, 1.165) is 11.1 Å². The van der Waals surface area contributed by atoms with E-state index in [1.165, 1.54) is 0 Å². The number of amides is 1. The first-order valence-corrected chi connectivity index (χ1v) is 10.4. The molecule has 2 heterocycles. The third kappa shape index (κ3) is 5.19. The number of aliphatic hydroxyl groups is 4. The van der Waals surface area contributed by atoms with Gasteiger partial charge in [-0.3, -0.25) is 9.78 Å². The summed E-state index contributed by atoms with van der Waals surface area (Å²) in [5, 5.41) is 42.0. The molecule has 0 aliphatic carbocycles. The van der Waals surface area contributed by atoms with Crippen LogP contribution in [0.2, 0.25) is 0 Å². The first-order chi connectivity index (χ1) is 16.0. The lowest BCUT2D eigenvalue weighted by atomic mass is 9.99. The number of pyridine rings is 1. The van der Waals surface area contributed by atoms with Gasteiger partial charge in [0.15, 0.2) is 0 Å². The summed E-state index contributed by atoms with van der Waals surface area (Å²) in [5.74, 6) is 0.0981. The van der Waals surface area contributed by atoms with Gasteiger partial charge < -0.3 is 35.2 Å². The standard InChI is InChI=1S/C24H24N2O7/c27-13-19-20(28)21(29)22(30)24(33-19)32-18-8-6-14(7-9-18)15-3-1-4-16(11-15)23(31)26-17-5-2-10-25-12-17/h1-12,19-22,24,27-30H,13H2,(H,26,31)/t19-,20-,21-,22-,24+/m1/s1. The zero-order chi connectivity index (χ0) is 23.4. The second-order valence-electron chi connectivity index (χ2n) is 7.62. The molecule has 1 aromatic heterocycles. The second-order valence-corrected chi connectivity index (χ2v) is 7.62. The third-order valence-electron chi connectivity index (χ3n) is 5.33. The van der Waals surface area contributed by atoms with Crippen molar-refractivity contribution in [2.75, 3.05) is 11.9 Å². The van der Waals surface area contributed by atoms with Crippen molar-refractivity contribution >= 4 is 11.6 Å². The van der Waals surface area contributed by atoms with Crippen LogP contribution in [0.4, 0.5) is 5.69 Å². The lowest BCUT2D eigenvalue weighted by Crippen LogP contribution is -2.60. The van der Waals surface area contributed by atoms with E-state index >= 15 is 0 Å². The van der Waals surface area contributed by atoms with Crippen LogP contribution in [0.15, 0.2) is 73.1 Å². The maximum atomic E-state index is 12.6. The van der Waals surface area contributed by atoms with Gasteiger partial charge in [-0.05, 0) is 47.5 Å². The van der Waals surface area contributed by atoms with Gasteiger partial charge in [0.25, 0.3) is 5.91 Å². The molecular formula is C24H24N2O7. The molecule has 0 radical (unpaired) electrons. The van der Waals surface area contributed by atoms with Crippen molar-refractivity contribution in [2.24, 2.45) is 0 Å². The van der Waals surface area contributed by atoms with E-state index in [1.54, 1.807) is 67.0 Å². The minimum absolute atomic E-state index is 0.257. The fourth-order valence-corrected chi connectivity index (χ4v) is 3.50. The van der Waals surface area contributed by atoms with Crippen molar-refractivity contribution in [1.29, 1.82) is 0 Å². The normalized spacial score (nSPS) is 24.8. The molecule has 4 rings (SSSR count). The number of hydrogen-bond acceptors (Lipinski definition) is 8. The predicted octanol–water partition coefficient (Wildman–Crippen LogP) is 1.18. The van der Waals surface area contributed by atoms with Gasteiger partial charge in [0.2, 0.25) is 6.29 Å². The van der Waals surface area contributed by atoms with Crippen molar-refractivity contribution in [3.63, 3.8) is 0 Å². The fraction of sp³-hybridized carbons (Fsp3) is 0.250. The molecule has 1 aliphatic heterocycles. The minimum atomic E-state index is -1.51. The van der Waals surface area contributed by atoms with Crippen LogP contribution in [-0.2, 0) is 4.74 Å². The summed E-state index contributed by atoms with van der Waals surface area (Å²) in [7, 11) is 0. The summed E-state index contributed by atoms with van der Waals surface area (Å²) in [6, 6.07) is 17.5. The van der Waals surface area contributed by atoms with Gasteiger partial charge in [0, 0.05) is 11.8 Å². The Labute approximate surface area is 189 Å². The van der Waals surface area contributed by atoms with Gasteiger partial charge in [-0.1, -0.05) is 24.3 Å². The van der Waals surface area contributed by atoms with Gasteiger partial charge in [0.05, 0.1) is 18.5 Å². The van der Waals surface area contributed by atoms with Gasteiger partial charge in [-0.2, -0.15) is 0 Å². The monoisotopic (exact) mass is 452 g/mol. The zero-order valence-corrected chi connectivity index (χ0v) is 17.5. The van der Waals surface area contributed by atoms with Crippen molar-refractivity contribution in [1.82, 2.24) is 4.98 Å². The molecule has 1 amide bonds. The average molecular weight is 452 g/mol. The average Bonchev–Trinajstić information content (AvgIpc) is 2.85. The van der Waals surface area contributed by atoms with Gasteiger partial charge >= 0.3 is 0 Å². The molecule has 1 saturated heterocycles. The summed E-state index contributed by atoms with van der Waals surface area (Å²) in [6.45, 7) is -0.533. The number of nitrogens with zero attached hydrogens (tertiary/aromatic N) is 1. The number of anilines is 1. The van der Waals surface area contributed by atoms with E-state index in [0.29, 0.717) is 17.0 Å². The molecule has 1 aliphatic rings. The van der Waals surface area contributed by atoms with Crippen LogP contribution in [0.1, 0.15) is 10.4 Å². The second kappa shape index (κ2) is 10.1. The highest BCUT2D eigenvalue weighted by Gasteiger charge is 2.44. The summed E-state index contributed by atoms with van der Waals surface area (Å²) in [5.41, 5.74) is 2.72. The van der Waals surface area contributed by atoms with Crippen LogP contribution in [-0.4, -0.2) is 68.6 Å². The molecule has 3 aromatic rings. The lowest BCUT2D eigenvalue weighted by molar-refractivity contribution is -0.277. The molecule has 9 heteroatoms. The van der Waals surface area contributed by atoms with E-state index < -0.39 is 37.3 Å². The SMILES string of the molecule is O=C(Nc1cccnc1)c1cccc(-c2ccc(O[C@H]3O[C@H](CO)[C@@H](O)[C@@H](O)[C@H]3O)cc2)c1. The molecule has 5 N–H and O–H groups in total. The predicted molar refractivity (Wildman–Crippen MR) is 118 cm³/mol. The maximum Gasteiger partial charge on any atom is 0.255 e. The van der Waals surface area contributed by atoms with E-state index in [4.69, 9.17) is 9.47 Å². The van der Waals surface area contributed by atoms with E-state index in [9.17, 15) is 25.2 Å². The van der Waals surface area contributed by atoms with Crippen LogP contribution < -0.4 is 10.1 Å². The fourth-order valence-electron chi connectivity index (χ4n) is 3.50. The Kier molecular flexibility index (Phi) is 6.97. The van der Waals surface area contributed by atoms with Crippen LogP contribution in [0.5, 0.6) is 5.75 Å². The van der Waals surface area contributed by atoms with Crippen LogP contribution in [0.3, 0.4) is 0 Å². The Morgan fingerprint density at radius 1 is 0.970 bits per heavy atom. The Balaban J connectivity index is 1.45. The number of aromatic nitrogens is 1. The molecule has 2 aromatic carbocycles. The van der Waals surface area contributed by atoms with Crippen LogP contribution in [0.25, 0.3) is 11.1 Å². The van der Waals surface area contributed by atoms with Crippen molar-refractivity contribution in [3.05, 3.63) is 78.6 Å². The molecule has 9 nitrogen and oxygen atoms in total. The van der Waals surface area contributed by atoms with Crippen molar-refractivity contribution < 1.29 is 34.7 Å². The third-order valence-corrected chi connectivity index (χ3v) is 5.33. The molecule has 1 fully saturated rings. The molecule has 5 atom stereocenters. The smallest absolute Gasteiger partial charge is 0.255 e. The highest BCUT2D eigenvalue weighted by molar-refractivity contribution is 6.04. The van der Waals surface area contributed by atoms with E-state index in [-0.39, 0.29) is 5.91 Å². The quantitative estimate of drug-likeness (QED) is 0.375. The number of aliphatic hydroxyl groups excluding tert-OH is 4. The molecule has 0 spiro atoms. The largest absolute Gasteiger partial charge is 0.462 e. The van der Waals surface area contributed by atoms with Crippen molar-refractivity contribution in [2.45, 2.75) is 30.7 Å². The zero-order valence-electron chi connectivity index (χ0n) is 17.5. The molecule has 0 unspecified atom stereocenters. The molecule has 172 valence electrons. The first-order valence-electron chi connectivity index (χ1n) is 10.4. The molecule has 0 bridgehead atoms.